The first-order chi connectivity index (χ1) is 16.1. The van der Waals surface area contributed by atoms with Crippen LogP contribution in [0.15, 0.2) is 23.6 Å². The zero-order valence-corrected chi connectivity index (χ0v) is 22.7. The maximum absolute atomic E-state index is 13.5. The van der Waals surface area contributed by atoms with Crippen LogP contribution in [0.2, 0.25) is 5.02 Å². The van der Waals surface area contributed by atoms with Crippen molar-refractivity contribution in [2.75, 3.05) is 33.5 Å². The van der Waals surface area contributed by atoms with Gasteiger partial charge < -0.3 is 23.4 Å². The van der Waals surface area contributed by atoms with Crippen LogP contribution in [-0.2, 0) is 29.6 Å². The molecule has 2 aliphatic rings. The lowest BCUT2D eigenvalue weighted by molar-refractivity contribution is -0.117. The Morgan fingerprint density at radius 1 is 1.12 bits per heavy atom. The summed E-state index contributed by atoms with van der Waals surface area (Å²) in [7, 11) is -2.04. The molecule has 3 rings (SSSR count). The highest BCUT2D eigenvalue weighted by Gasteiger charge is 2.46. The molecule has 1 aromatic carbocycles. The molecule has 9 heteroatoms. The molecule has 2 aliphatic heterocycles. The van der Waals surface area contributed by atoms with Crippen molar-refractivity contribution in [3.05, 3.63) is 39.8 Å². The van der Waals surface area contributed by atoms with Gasteiger partial charge in [0.25, 0.3) is 0 Å². The first-order valence-corrected chi connectivity index (χ1v) is 13.8. The number of benzene rings is 1. The van der Waals surface area contributed by atoms with Crippen LogP contribution in [0.4, 0.5) is 0 Å². The first-order valence-electron chi connectivity index (χ1n) is 11.9. The van der Waals surface area contributed by atoms with Crippen molar-refractivity contribution in [1.82, 2.24) is 4.90 Å². The molecule has 2 heterocycles. The number of hydrogen-bond acceptors (Lipinski definition) is 7. The van der Waals surface area contributed by atoms with E-state index in [-0.39, 0.29) is 48.2 Å². The maximum atomic E-state index is 13.5. The Morgan fingerprint density at radius 3 is 2.38 bits per heavy atom. The largest absolute Gasteiger partial charge is 0.492 e. The normalized spacial score (nSPS) is 20.6. The van der Waals surface area contributed by atoms with Crippen LogP contribution in [0.25, 0.3) is 0 Å². The van der Waals surface area contributed by atoms with Gasteiger partial charge in [0.2, 0.25) is 0 Å². The highest BCUT2D eigenvalue weighted by atomic mass is 35.5. The Kier molecular flexibility index (Phi) is 8.91. The Bertz CT molecular complexity index is 963. The van der Waals surface area contributed by atoms with Gasteiger partial charge in [-0.1, -0.05) is 32.4 Å². The van der Waals surface area contributed by atoms with Gasteiger partial charge in [0.15, 0.2) is 5.78 Å². The molecular formula is C25H37ClNO6P. The molecule has 0 aliphatic carbocycles. The fourth-order valence-electron chi connectivity index (χ4n) is 4.67. The Hall–Kier alpha value is -1.37. The summed E-state index contributed by atoms with van der Waals surface area (Å²) >= 11 is 6.59. The number of nitrogens with zero attached hydrogens (tertiary/aromatic N) is 1. The lowest BCUT2D eigenvalue weighted by Crippen LogP contribution is -2.50. The van der Waals surface area contributed by atoms with Crippen LogP contribution in [-0.4, -0.2) is 50.3 Å². The van der Waals surface area contributed by atoms with E-state index < -0.39 is 7.60 Å². The minimum Gasteiger partial charge on any atom is -0.492 e. The van der Waals surface area contributed by atoms with E-state index in [4.69, 9.17) is 30.1 Å². The number of rotatable bonds is 10. The summed E-state index contributed by atoms with van der Waals surface area (Å²) in [6, 6.07) is 3.78. The fourth-order valence-corrected chi connectivity index (χ4v) is 6.60. The third kappa shape index (κ3) is 5.71. The van der Waals surface area contributed by atoms with Gasteiger partial charge in [-0.05, 0) is 48.9 Å². The van der Waals surface area contributed by atoms with Crippen LogP contribution in [0.3, 0.4) is 0 Å². The van der Waals surface area contributed by atoms with Crippen LogP contribution < -0.4 is 4.74 Å². The quantitative estimate of drug-likeness (QED) is 0.274. The van der Waals surface area contributed by atoms with Gasteiger partial charge in [-0.2, -0.15) is 0 Å². The molecule has 0 fully saturated rings. The molecular weight excluding hydrogens is 477 g/mol. The van der Waals surface area contributed by atoms with E-state index in [0.717, 1.165) is 24.0 Å². The number of halogens is 1. The predicted octanol–water partition coefficient (Wildman–Crippen LogP) is 6.15. The van der Waals surface area contributed by atoms with Crippen LogP contribution in [0.1, 0.15) is 64.6 Å². The fraction of sp³-hybridized carbons (Fsp3) is 0.640. The zero-order chi connectivity index (χ0) is 25.1. The van der Waals surface area contributed by atoms with E-state index in [1.54, 1.807) is 27.2 Å². The lowest BCUT2D eigenvalue weighted by atomic mass is 9.75. The average molecular weight is 514 g/mol. The second-order valence-electron chi connectivity index (χ2n) is 9.70. The lowest BCUT2D eigenvalue weighted by Gasteiger charge is -2.50. The number of fused-ring (bicyclic) bond motifs is 3. The first kappa shape index (κ1) is 27.2. The standard InChI is InChI=1S/C25H37ClNO6P/c1-7-32-34(29,33-8-2)23-16-27-20(15-21(23)28)18-14-19(26)22(31-11-9-10-30-6)12-17(18)13-24(27)25(3,4)5/h12,14,16,20,24H,7-11,13,15H2,1-6H3. The van der Waals surface area contributed by atoms with E-state index in [1.807, 2.05) is 12.1 Å². The third-order valence-electron chi connectivity index (χ3n) is 6.26. The number of Topliss-reactive ketones (excluding diaryl/α,β-unsaturated/α-hetero) is 1. The van der Waals surface area contributed by atoms with Crippen LogP contribution >= 0.6 is 19.2 Å². The van der Waals surface area contributed by atoms with Gasteiger partial charge in [0.05, 0.1) is 30.9 Å². The topological polar surface area (TPSA) is 74.3 Å². The summed E-state index contributed by atoms with van der Waals surface area (Å²) < 4.78 is 35.5. The highest BCUT2D eigenvalue weighted by molar-refractivity contribution is 7.60. The average Bonchev–Trinajstić information content (AvgIpc) is 2.76. The minimum absolute atomic E-state index is 0.0623. The monoisotopic (exact) mass is 513 g/mol. The number of methoxy groups -OCH3 is 1. The number of carbonyl (C=O) groups is 1. The summed E-state index contributed by atoms with van der Waals surface area (Å²) in [5.74, 6) is 0.427. The van der Waals surface area contributed by atoms with Gasteiger partial charge in [-0.15, -0.1) is 0 Å². The molecule has 0 saturated heterocycles. The Labute approximate surface area is 208 Å². The van der Waals surface area contributed by atoms with Gasteiger partial charge >= 0.3 is 7.60 Å². The predicted molar refractivity (Wildman–Crippen MR) is 134 cm³/mol. The molecule has 2 atom stereocenters. The van der Waals surface area contributed by atoms with Gasteiger partial charge in [-0.25, -0.2) is 0 Å². The molecule has 190 valence electrons. The summed E-state index contributed by atoms with van der Waals surface area (Å²) in [5.41, 5.74) is 2.01. The van der Waals surface area contributed by atoms with Crippen molar-refractivity contribution in [3.63, 3.8) is 0 Å². The maximum Gasteiger partial charge on any atom is 0.366 e. The molecule has 7 nitrogen and oxygen atoms in total. The van der Waals surface area contributed by atoms with Crippen LogP contribution in [0, 0.1) is 5.41 Å². The molecule has 0 aromatic heterocycles. The van der Waals surface area contributed by atoms with Crippen molar-refractivity contribution < 1.29 is 27.9 Å². The number of carbonyl (C=O) groups excluding carboxylic acids is 1. The molecule has 0 radical (unpaired) electrons. The number of ketones is 1. The summed E-state index contributed by atoms with van der Waals surface area (Å²) in [6.45, 7) is 11.5. The smallest absolute Gasteiger partial charge is 0.366 e. The van der Waals surface area contributed by atoms with Crippen molar-refractivity contribution in [2.24, 2.45) is 5.41 Å². The third-order valence-corrected chi connectivity index (χ3v) is 8.71. The minimum atomic E-state index is -3.70. The van der Waals surface area contributed by atoms with E-state index >= 15 is 0 Å². The zero-order valence-electron chi connectivity index (χ0n) is 21.1. The Morgan fingerprint density at radius 2 is 1.79 bits per heavy atom. The van der Waals surface area contributed by atoms with E-state index in [2.05, 4.69) is 25.7 Å². The van der Waals surface area contributed by atoms with Crippen LogP contribution in [0.5, 0.6) is 5.75 Å². The number of allylic oxidation sites excluding steroid dienone is 1. The van der Waals surface area contributed by atoms with Crippen molar-refractivity contribution in [3.8, 4) is 5.75 Å². The SMILES string of the molecule is CCOP(=O)(OCC)C1=CN2C(CC1=O)c1cc(Cl)c(OCCCOC)cc1CC2C(C)(C)C. The molecule has 0 amide bonds. The number of ether oxygens (including phenoxy) is 2. The van der Waals surface area contributed by atoms with Gasteiger partial charge in [0.1, 0.15) is 11.1 Å². The summed E-state index contributed by atoms with van der Waals surface area (Å²) in [6.07, 6.45) is 3.42. The van der Waals surface area contributed by atoms with E-state index in [1.165, 1.54) is 0 Å². The van der Waals surface area contributed by atoms with Crippen molar-refractivity contribution in [2.45, 2.75) is 66.0 Å². The number of hydrogen-bond donors (Lipinski definition) is 0. The Balaban J connectivity index is 2.03. The second-order valence-corrected chi connectivity index (χ2v) is 12.1. The highest BCUT2D eigenvalue weighted by Crippen LogP contribution is 2.59. The van der Waals surface area contributed by atoms with Gasteiger partial charge in [-0.3, -0.25) is 9.36 Å². The molecule has 0 N–H and O–H groups in total. The molecule has 0 saturated carbocycles. The van der Waals surface area contributed by atoms with Crippen molar-refractivity contribution >= 4 is 25.0 Å². The molecule has 34 heavy (non-hydrogen) atoms. The summed E-state index contributed by atoms with van der Waals surface area (Å²) in [5, 5.41) is 0.649. The molecule has 1 aromatic rings. The summed E-state index contributed by atoms with van der Waals surface area (Å²) in [4.78, 5) is 15.4. The molecule has 2 unspecified atom stereocenters. The second kappa shape index (κ2) is 11.1. The molecule has 0 spiro atoms. The van der Waals surface area contributed by atoms with Gasteiger partial charge in [0, 0.05) is 38.8 Å². The molecule has 0 bridgehead atoms. The van der Waals surface area contributed by atoms with Crippen molar-refractivity contribution in [1.29, 1.82) is 0 Å². The van der Waals surface area contributed by atoms with E-state index in [9.17, 15) is 9.36 Å². The van der Waals surface area contributed by atoms with E-state index in [0.29, 0.717) is 24.0 Å².